The second-order valence-corrected chi connectivity index (χ2v) is 11.0. The van der Waals surface area contributed by atoms with Gasteiger partial charge in [0, 0.05) is 15.6 Å². The Morgan fingerprint density at radius 1 is 1.07 bits per heavy atom. The summed E-state index contributed by atoms with van der Waals surface area (Å²) in [7, 11) is 1.51. The molecule has 1 atom stereocenters. The van der Waals surface area contributed by atoms with E-state index in [1.165, 1.54) is 16.6 Å². The van der Waals surface area contributed by atoms with Crippen molar-refractivity contribution in [2.45, 2.75) is 26.8 Å². The van der Waals surface area contributed by atoms with Gasteiger partial charge in [-0.1, -0.05) is 45.5 Å². The van der Waals surface area contributed by atoms with Crippen LogP contribution in [0.25, 0.3) is 5.57 Å². The standard InChI is InChI=1S/C29H26BrN3O7S/c1-5-39-21(34)14-32-19-10-8-7-9-17(19)23(26(32)35)25-27(36)33-24(18-13-16(30)11-12-20(18)38-4)22(28(37)40-6-2)15(3)31-29(33)41-25/h7-13,24H,5-6,14H2,1-4H3/b25-23-/t24-/m1/s1. The van der Waals surface area contributed by atoms with Crippen LogP contribution in [0.3, 0.4) is 0 Å². The summed E-state index contributed by atoms with van der Waals surface area (Å²) < 4.78 is 18.3. The topological polar surface area (TPSA) is 116 Å². The fourth-order valence-electron chi connectivity index (χ4n) is 5.05. The Labute approximate surface area is 247 Å². The molecule has 2 aromatic carbocycles. The maximum Gasteiger partial charge on any atom is 0.338 e. The maximum atomic E-state index is 14.3. The number of hydrogen-bond acceptors (Lipinski definition) is 9. The summed E-state index contributed by atoms with van der Waals surface area (Å²) in [4.78, 5) is 59.9. The first-order valence-electron chi connectivity index (χ1n) is 12.8. The smallest absolute Gasteiger partial charge is 0.338 e. The molecule has 0 saturated heterocycles. The van der Waals surface area contributed by atoms with E-state index in [-0.39, 0.29) is 35.4 Å². The number of carbonyl (C=O) groups excluding carboxylic acids is 3. The molecule has 1 aromatic heterocycles. The van der Waals surface area contributed by atoms with E-state index in [0.29, 0.717) is 37.5 Å². The Morgan fingerprint density at radius 2 is 1.80 bits per heavy atom. The molecule has 0 fully saturated rings. The van der Waals surface area contributed by atoms with Gasteiger partial charge in [0.15, 0.2) is 4.80 Å². The van der Waals surface area contributed by atoms with E-state index < -0.39 is 29.4 Å². The zero-order valence-corrected chi connectivity index (χ0v) is 25.1. The third kappa shape index (κ3) is 4.91. The van der Waals surface area contributed by atoms with Gasteiger partial charge in [-0.05, 0) is 45.0 Å². The molecule has 2 aliphatic rings. The van der Waals surface area contributed by atoms with Gasteiger partial charge in [-0.25, -0.2) is 9.79 Å². The number of benzene rings is 2. The van der Waals surface area contributed by atoms with E-state index in [1.807, 2.05) is 0 Å². The van der Waals surface area contributed by atoms with Crippen molar-refractivity contribution in [3.05, 3.63) is 89.0 Å². The Morgan fingerprint density at radius 3 is 2.51 bits per heavy atom. The summed E-state index contributed by atoms with van der Waals surface area (Å²) in [6, 6.07) is 11.3. The fourth-order valence-corrected chi connectivity index (χ4v) is 6.56. The van der Waals surface area contributed by atoms with E-state index >= 15 is 0 Å². The first-order valence-corrected chi connectivity index (χ1v) is 14.4. The Bertz CT molecular complexity index is 1810. The summed E-state index contributed by atoms with van der Waals surface area (Å²) in [5.41, 5.74) is 1.78. The molecule has 3 heterocycles. The van der Waals surface area contributed by atoms with Gasteiger partial charge in [0.2, 0.25) is 0 Å². The lowest BCUT2D eigenvalue weighted by molar-refractivity contribution is -0.142. The lowest BCUT2D eigenvalue weighted by Crippen LogP contribution is -2.41. The molecule has 0 radical (unpaired) electrons. The van der Waals surface area contributed by atoms with Gasteiger partial charge < -0.3 is 14.2 Å². The van der Waals surface area contributed by atoms with E-state index in [4.69, 9.17) is 14.2 Å². The zero-order valence-electron chi connectivity index (χ0n) is 22.7. The number of methoxy groups -OCH3 is 1. The highest BCUT2D eigenvalue weighted by atomic mass is 79.9. The van der Waals surface area contributed by atoms with Crippen molar-refractivity contribution in [2.24, 2.45) is 4.99 Å². The number of esters is 2. The summed E-state index contributed by atoms with van der Waals surface area (Å²) >= 11 is 4.54. The molecular formula is C29H26BrN3O7S. The van der Waals surface area contributed by atoms with Crippen molar-refractivity contribution < 1.29 is 28.6 Å². The molecule has 1 amide bonds. The molecule has 0 spiro atoms. The number of thiazole rings is 1. The van der Waals surface area contributed by atoms with Crippen LogP contribution in [0, 0.1) is 0 Å². The molecular weight excluding hydrogens is 614 g/mol. The third-order valence-corrected chi connectivity index (χ3v) is 8.27. The van der Waals surface area contributed by atoms with Crippen LogP contribution in [0.15, 0.2) is 68.0 Å². The van der Waals surface area contributed by atoms with Gasteiger partial charge in [0.05, 0.1) is 42.9 Å². The highest BCUT2D eigenvalue weighted by Crippen LogP contribution is 2.38. The number of para-hydroxylation sites is 1. The van der Waals surface area contributed by atoms with Gasteiger partial charge in [-0.15, -0.1) is 0 Å². The number of halogens is 1. The van der Waals surface area contributed by atoms with Gasteiger partial charge >= 0.3 is 11.9 Å². The van der Waals surface area contributed by atoms with Crippen molar-refractivity contribution in [1.29, 1.82) is 0 Å². The van der Waals surface area contributed by atoms with E-state index in [0.717, 1.165) is 11.3 Å². The van der Waals surface area contributed by atoms with Gasteiger partial charge in [-0.3, -0.25) is 23.9 Å². The molecule has 0 bridgehead atoms. The number of aromatic nitrogens is 1. The number of allylic oxidation sites excluding steroid dienone is 1. The minimum absolute atomic E-state index is 0.133. The van der Waals surface area contributed by atoms with Crippen LogP contribution < -0.4 is 24.5 Å². The van der Waals surface area contributed by atoms with Crippen LogP contribution in [0.2, 0.25) is 0 Å². The van der Waals surface area contributed by atoms with Crippen molar-refractivity contribution >= 4 is 56.4 Å². The number of anilines is 1. The van der Waals surface area contributed by atoms with Crippen LogP contribution in [0.5, 0.6) is 5.75 Å². The normalized spacial score (nSPS) is 17.1. The second kappa shape index (κ2) is 11.5. The number of ether oxygens (including phenoxy) is 3. The SMILES string of the molecule is CCOC(=O)CN1C(=O)/C(=c2\sc3n(c2=O)[C@H](c2cc(Br)ccc2OC)C(C(=O)OCC)=C(C)N=3)c2ccccc21. The van der Waals surface area contributed by atoms with E-state index in [1.54, 1.807) is 63.2 Å². The molecule has 3 aromatic rings. The first-order chi connectivity index (χ1) is 19.7. The van der Waals surface area contributed by atoms with Crippen molar-refractivity contribution in [2.75, 3.05) is 31.8 Å². The molecule has 41 heavy (non-hydrogen) atoms. The summed E-state index contributed by atoms with van der Waals surface area (Å²) in [6.07, 6.45) is 0. The largest absolute Gasteiger partial charge is 0.496 e. The highest BCUT2D eigenvalue weighted by molar-refractivity contribution is 9.10. The highest BCUT2D eigenvalue weighted by Gasteiger charge is 2.39. The number of rotatable bonds is 7. The molecule has 10 nitrogen and oxygen atoms in total. The van der Waals surface area contributed by atoms with Gasteiger partial charge in [-0.2, -0.15) is 0 Å². The molecule has 5 rings (SSSR count). The first kappa shape index (κ1) is 28.5. The minimum atomic E-state index is -0.936. The molecule has 0 N–H and O–H groups in total. The fraction of sp³-hybridized carbons (Fsp3) is 0.276. The Balaban J connectivity index is 1.80. The van der Waals surface area contributed by atoms with Gasteiger partial charge in [0.25, 0.3) is 11.5 Å². The average molecular weight is 641 g/mol. The average Bonchev–Trinajstić information content (AvgIpc) is 3.40. The molecule has 12 heteroatoms. The second-order valence-electron chi connectivity index (χ2n) is 9.10. The number of fused-ring (bicyclic) bond motifs is 2. The molecule has 0 unspecified atom stereocenters. The minimum Gasteiger partial charge on any atom is -0.496 e. The van der Waals surface area contributed by atoms with Crippen LogP contribution >= 0.6 is 27.3 Å². The van der Waals surface area contributed by atoms with E-state index in [2.05, 4.69) is 20.9 Å². The maximum absolute atomic E-state index is 14.3. The van der Waals surface area contributed by atoms with Crippen LogP contribution in [0.1, 0.15) is 37.9 Å². The summed E-state index contributed by atoms with van der Waals surface area (Å²) in [5, 5.41) is 0. The van der Waals surface area contributed by atoms with Gasteiger partial charge in [0.1, 0.15) is 22.9 Å². The van der Waals surface area contributed by atoms with Crippen LogP contribution in [-0.2, 0) is 23.9 Å². The number of amides is 1. The molecule has 212 valence electrons. The summed E-state index contributed by atoms with van der Waals surface area (Å²) in [5.74, 6) is -1.21. The number of carbonyl (C=O) groups is 3. The zero-order chi connectivity index (χ0) is 29.4. The molecule has 2 aliphatic heterocycles. The summed E-state index contributed by atoms with van der Waals surface area (Å²) in [6.45, 7) is 5.08. The quantitative estimate of drug-likeness (QED) is 0.365. The monoisotopic (exact) mass is 639 g/mol. The Kier molecular flexibility index (Phi) is 7.96. The predicted octanol–water partition coefficient (Wildman–Crippen LogP) is 2.85. The van der Waals surface area contributed by atoms with Crippen molar-refractivity contribution in [3.63, 3.8) is 0 Å². The number of nitrogens with zero attached hydrogens (tertiary/aromatic N) is 3. The van der Waals surface area contributed by atoms with Crippen LogP contribution in [0.4, 0.5) is 5.69 Å². The van der Waals surface area contributed by atoms with Crippen molar-refractivity contribution in [3.8, 4) is 5.75 Å². The number of hydrogen-bond donors (Lipinski definition) is 0. The lowest BCUT2D eigenvalue weighted by atomic mass is 9.95. The lowest BCUT2D eigenvalue weighted by Gasteiger charge is -2.26. The van der Waals surface area contributed by atoms with E-state index in [9.17, 15) is 19.2 Å². The Hall–Kier alpha value is -4.03. The van der Waals surface area contributed by atoms with Crippen LogP contribution in [-0.4, -0.2) is 49.3 Å². The molecule has 0 aliphatic carbocycles. The molecule has 0 saturated carbocycles. The third-order valence-electron chi connectivity index (χ3n) is 6.72. The predicted molar refractivity (Wildman–Crippen MR) is 155 cm³/mol. The van der Waals surface area contributed by atoms with Crippen molar-refractivity contribution in [1.82, 2.24) is 4.57 Å².